The van der Waals surface area contributed by atoms with Crippen molar-refractivity contribution in [3.8, 4) is 11.8 Å². The quantitative estimate of drug-likeness (QED) is 0.511. The molecule has 1 N–H and O–H groups in total. The normalized spacial score (nSPS) is 13.1. The van der Waals surface area contributed by atoms with Gasteiger partial charge in [-0.1, -0.05) is 11.8 Å². The highest BCUT2D eigenvalue weighted by atomic mass is 16.2. The monoisotopic (exact) mass is 282 g/mol. The van der Waals surface area contributed by atoms with E-state index in [1.807, 2.05) is 0 Å². The van der Waals surface area contributed by atoms with Gasteiger partial charge in [0, 0.05) is 37.6 Å². The highest BCUT2D eigenvalue weighted by Crippen LogP contribution is 2.19. The molecule has 2 rings (SSSR count). The van der Waals surface area contributed by atoms with Crippen LogP contribution in [0.1, 0.15) is 18.9 Å². The van der Waals surface area contributed by atoms with E-state index in [0.717, 1.165) is 10.5 Å². The van der Waals surface area contributed by atoms with Gasteiger partial charge in [0.25, 0.3) is 11.8 Å². The number of hydrogen-bond acceptors (Lipinski definition) is 3. The smallest absolute Gasteiger partial charge is 0.258 e. The minimum Gasteiger partial charge on any atom is -0.355 e. The highest BCUT2D eigenvalue weighted by Gasteiger charge is 2.24. The van der Waals surface area contributed by atoms with E-state index in [-0.39, 0.29) is 17.7 Å². The van der Waals surface area contributed by atoms with Crippen molar-refractivity contribution in [1.29, 1.82) is 0 Å². The lowest BCUT2D eigenvalue weighted by molar-refractivity contribution is -0.120. The average Bonchev–Trinajstić information content (AvgIpc) is 2.78. The molecule has 0 radical (unpaired) electrons. The first kappa shape index (κ1) is 14.5. The number of anilines is 1. The van der Waals surface area contributed by atoms with Crippen molar-refractivity contribution in [1.82, 2.24) is 5.32 Å². The number of nitrogens with one attached hydrogen (secondary N) is 1. The van der Waals surface area contributed by atoms with Gasteiger partial charge in [-0.05, 0) is 24.3 Å². The lowest BCUT2D eigenvalue weighted by Crippen LogP contribution is -2.29. The van der Waals surface area contributed by atoms with Crippen LogP contribution >= 0.6 is 0 Å². The van der Waals surface area contributed by atoms with Gasteiger partial charge < -0.3 is 5.32 Å². The molecule has 0 saturated carbocycles. The maximum Gasteiger partial charge on any atom is 0.258 e. The molecule has 0 fully saturated rings. The van der Waals surface area contributed by atoms with E-state index < -0.39 is 0 Å². The minimum absolute atomic E-state index is 0.0743. The molecule has 21 heavy (non-hydrogen) atoms. The van der Waals surface area contributed by atoms with Crippen LogP contribution in [-0.4, -0.2) is 24.3 Å². The van der Waals surface area contributed by atoms with Gasteiger partial charge in [-0.2, -0.15) is 0 Å². The summed E-state index contributed by atoms with van der Waals surface area (Å²) in [6.07, 6.45) is 3.06. The van der Waals surface area contributed by atoms with Gasteiger partial charge >= 0.3 is 0 Å². The standard InChI is InChI=1S/C16H14N2O3/c1-12(19)17-11-3-2-4-13-5-7-14(8-6-13)18-15(20)9-10-16(18)21/h5-10H,3,11H2,1H3,(H,17,19). The van der Waals surface area contributed by atoms with Crippen LogP contribution in [-0.2, 0) is 14.4 Å². The van der Waals surface area contributed by atoms with Crippen molar-refractivity contribution in [2.24, 2.45) is 0 Å². The molecule has 0 saturated heterocycles. The minimum atomic E-state index is -0.339. The zero-order chi connectivity index (χ0) is 15.2. The molecule has 0 atom stereocenters. The molecule has 1 aliphatic heterocycles. The van der Waals surface area contributed by atoms with E-state index in [4.69, 9.17) is 0 Å². The molecular weight excluding hydrogens is 268 g/mol. The van der Waals surface area contributed by atoms with Gasteiger partial charge in [0.2, 0.25) is 5.91 Å². The zero-order valence-electron chi connectivity index (χ0n) is 11.6. The highest BCUT2D eigenvalue weighted by molar-refractivity contribution is 6.28. The third-order valence-corrected chi connectivity index (χ3v) is 2.79. The third kappa shape index (κ3) is 3.80. The first-order valence-corrected chi connectivity index (χ1v) is 6.47. The number of rotatable bonds is 3. The summed E-state index contributed by atoms with van der Waals surface area (Å²) in [5, 5.41) is 2.66. The van der Waals surface area contributed by atoms with Gasteiger partial charge in [-0.3, -0.25) is 14.4 Å². The van der Waals surface area contributed by atoms with Gasteiger partial charge in [0.05, 0.1) is 5.69 Å². The van der Waals surface area contributed by atoms with Crippen molar-refractivity contribution in [2.75, 3.05) is 11.4 Å². The summed E-state index contributed by atoms with van der Waals surface area (Å²) in [6.45, 7) is 1.98. The molecule has 1 aromatic carbocycles. The molecule has 0 unspecified atom stereocenters. The van der Waals surface area contributed by atoms with Gasteiger partial charge in [0.15, 0.2) is 0 Å². The topological polar surface area (TPSA) is 66.5 Å². The van der Waals surface area contributed by atoms with Gasteiger partial charge in [-0.15, -0.1) is 0 Å². The van der Waals surface area contributed by atoms with Crippen LogP contribution in [0, 0.1) is 11.8 Å². The van der Waals surface area contributed by atoms with Gasteiger partial charge in [-0.25, -0.2) is 4.90 Å². The van der Waals surface area contributed by atoms with Crippen molar-refractivity contribution in [3.63, 3.8) is 0 Å². The molecule has 0 aliphatic carbocycles. The Bertz CT molecular complexity index is 645. The van der Waals surface area contributed by atoms with Crippen LogP contribution in [0.5, 0.6) is 0 Å². The molecule has 5 nitrogen and oxygen atoms in total. The Balaban J connectivity index is 1.97. The number of carbonyl (C=O) groups is 3. The second-order valence-corrected chi connectivity index (χ2v) is 4.43. The Morgan fingerprint density at radius 1 is 1.14 bits per heavy atom. The summed E-state index contributed by atoms with van der Waals surface area (Å²) in [4.78, 5) is 34.8. The fraction of sp³-hybridized carbons (Fsp3) is 0.188. The van der Waals surface area contributed by atoms with Crippen LogP contribution in [0.15, 0.2) is 36.4 Å². The van der Waals surface area contributed by atoms with E-state index in [0.29, 0.717) is 18.7 Å². The third-order valence-electron chi connectivity index (χ3n) is 2.79. The second kappa shape index (κ2) is 6.53. The average molecular weight is 282 g/mol. The molecule has 0 spiro atoms. The van der Waals surface area contributed by atoms with Crippen molar-refractivity contribution >= 4 is 23.4 Å². The molecule has 1 aromatic rings. The molecule has 0 bridgehead atoms. The number of nitrogens with zero attached hydrogens (tertiary/aromatic N) is 1. The van der Waals surface area contributed by atoms with Crippen LogP contribution in [0.3, 0.4) is 0 Å². The Kier molecular flexibility index (Phi) is 4.52. The first-order chi connectivity index (χ1) is 10.1. The number of amides is 3. The number of benzene rings is 1. The number of carbonyl (C=O) groups excluding carboxylic acids is 3. The summed E-state index contributed by atoms with van der Waals surface area (Å²) in [5.74, 6) is 5.14. The maximum atomic E-state index is 11.5. The Labute approximate surface area is 122 Å². The van der Waals surface area contributed by atoms with Crippen molar-refractivity contribution < 1.29 is 14.4 Å². The lowest BCUT2D eigenvalue weighted by Gasteiger charge is -2.13. The molecule has 0 aromatic heterocycles. The Morgan fingerprint density at radius 3 is 2.33 bits per heavy atom. The van der Waals surface area contributed by atoms with E-state index >= 15 is 0 Å². The fourth-order valence-corrected chi connectivity index (χ4v) is 1.81. The zero-order valence-corrected chi connectivity index (χ0v) is 11.6. The Hall–Kier alpha value is -2.87. The summed E-state index contributed by atoms with van der Waals surface area (Å²) in [6, 6.07) is 6.86. The summed E-state index contributed by atoms with van der Waals surface area (Å²) in [5.41, 5.74) is 1.31. The van der Waals surface area contributed by atoms with Gasteiger partial charge in [0.1, 0.15) is 0 Å². The number of hydrogen-bond donors (Lipinski definition) is 1. The summed E-state index contributed by atoms with van der Waals surface area (Å²) in [7, 11) is 0. The van der Waals surface area contributed by atoms with Crippen molar-refractivity contribution in [2.45, 2.75) is 13.3 Å². The van der Waals surface area contributed by atoms with Crippen LogP contribution in [0.4, 0.5) is 5.69 Å². The molecule has 3 amide bonds. The fourth-order valence-electron chi connectivity index (χ4n) is 1.81. The van der Waals surface area contributed by atoms with E-state index in [1.165, 1.54) is 19.1 Å². The van der Waals surface area contributed by atoms with E-state index in [1.54, 1.807) is 24.3 Å². The lowest BCUT2D eigenvalue weighted by atomic mass is 10.2. The predicted octanol–water partition coefficient (Wildman–Crippen LogP) is 0.994. The molecule has 1 aliphatic rings. The van der Waals surface area contributed by atoms with Crippen LogP contribution in [0.2, 0.25) is 0 Å². The molecule has 106 valence electrons. The molecular formula is C16H14N2O3. The van der Waals surface area contributed by atoms with Crippen LogP contribution < -0.4 is 10.2 Å². The second-order valence-electron chi connectivity index (χ2n) is 4.43. The van der Waals surface area contributed by atoms with Crippen molar-refractivity contribution in [3.05, 3.63) is 42.0 Å². The summed E-state index contributed by atoms with van der Waals surface area (Å²) >= 11 is 0. The van der Waals surface area contributed by atoms with E-state index in [9.17, 15) is 14.4 Å². The summed E-state index contributed by atoms with van der Waals surface area (Å²) < 4.78 is 0. The molecule has 5 heteroatoms. The van der Waals surface area contributed by atoms with E-state index in [2.05, 4.69) is 17.2 Å². The number of imide groups is 1. The SMILES string of the molecule is CC(=O)NCCC#Cc1ccc(N2C(=O)C=CC2=O)cc1. The first-order valence-electron chi connectivity index (χ1n) is 6.47. The maximum absolute atomic E-state index is 11.5. The largest absolute Gasteiger partial charge is 0.355 e. The molecule has 1 heterocycles. The Morgan fingerprint density at radius 2 is 1.76 bits per heavy atom. The predicted molar refractivity (Wildman–Crippen MR) is 78.3 cm³/mol. The van der Waals surface area contributed by atoms with Crippen LogP contribution in [0.25, 0.3) is 0 Å².